The van der Waals surface area contributed by atoms with E-state index in [1.165, 1.54) is 12.8 Å². The van der Waals surface area contributed by atoms with E-state index in [-0.39, 0.29) is 11.9 Å². The average Bonchev–Trinajstić information content (AvgIpc) is 3.38. The first kappa shape index (κ1) is 19.5. The van der Waals surface area contributed by atoms with Crippen molar-refractivity contribution in [2.75, 3.05) is 37.6 Å². The molecule has 7 nitrogen and oxygen atoms in total. The van der Waals surface area contributed by atoms with E-state index in [0.717, 1.165) is 56.5 Å². The molecule has 27 heavy (non-hydrogen) atoms. The van der Waals surface area contributed by atoms with Gasteiger partial charge in [0.15, 0.2) is 5.96 Å². The van der Waals surface area contributed by atoms with Crippen molar-refractivity contribution in [3.63, 3.8) is 0 Å². The predicted octanol–water partition coefficient (Wildman–Crippen LogP) is 1.75. The molecule has 1 amide bonds. The van der Waals surface area contributed by atoms with Crippen LogP contribution in [0.2, 0.25) is 0 Å². The number of hydrogen-bond donors (Lipinski definition) is 2. The van der Waals surface area contributed by atoms with Gasteiger partial charge in [0.05, 0.1) is 6.54 Å². The van der Waals surface area contributed by atoms with E-state index in [1.54, 1.807) is 0 Å². The highest BCUT2D eigenvalue weighted by Crippen LogP contribution is 2.17. The number of anilines is 1. The summed E-state index contributed by atoms with van der Waals surface area (Å²) in [6.45, 7) is 9.17. The standard InChI is InChI=1S/C20H32N6O/c1-3-19(27)26-12-9-17(15-26)24-20(21-4-2)23-14-16-7-8-18(22-13-16)25-10-5-6-11-25/h7-8,13,17H,3-6,9-12,14-15H2,1-2H3,(H2,21,23,24). The summed E-state index contributed by atoms with van der Waals surface area (Å²) >= 11 is 0. The van der Waals surface area contributed by atoms with E-state index >= 15 is 0 Å². The third kappa shape index (κ3) is 5.34. The van der Waals surface area contributed by atoms with Crippen molar-refractivity contribution in [1.82, 2.24) is 20.5 Å². The van der Waals surface area contributed by atoms with Crippen LogP contribution in [-0.4, -0.2) is 60.5 Å². The van der Waals surface area contributed by atoms with Crippen LogP contribution in [0.4, 0.5) is 5.82 Å². The molecule has 0 spiro atoms. The van der Waals surface area contributed by atoms with Crippen molar-refractivity contribution < 1.29 is 4.79 Å². The predicted molar refractivity (Wildman–Crippen MR) is 109 cm³/mol. The van der Waals surface area contributed by atoms with E-state index in [2.05, 4.69) is 39.6 Å². The molecule has 0 saturated carbocycles. The van der Waals surface area contributed by atoms with Crippen LogP contribution in [-0.2, 0) is 11.3 Å². The van der Waals surface area contributed by atoms with E-state index < -0.39 is 0 Å². The lowest BCUT2D eigenvalue weighted by molar-refractivity contribution is -0.129. The number of nitrogens with zero attached hydrogens (tertiary/aromatic N) is 4. The lowest BCUT2D eigenvalue weighted by Gasteiger charge is -2.19. The molecule has 1 aromatic rings. The number of rotatable bonds is 6. The lowest BCUT2D eigenvalue weighted by atomic mass is 10.2. The van der Waals surface area contributed by atoms with Crippen molar-refractivity contribution >= 4 is 17.7 Å². The highest BCUT2D eigenvalue weighted by molar-refractivity contribution is 5.80. The smallest absolute Gasteiger partial charge is 0.222 e. The molecule has 0 aromatic carbocycles. The van der Waals surface area contributed by atoms with Gasteiger partial charge >= 0.3 is 0 Å². The number of carbonyl (C=O) groups excluding carboxylic acids is 1. The number of aromatic nitrogens is 1. The maximum absolute atomic E-state index is 11.8. The summed E-state index contributed by atoms with van der Waals surface area (Å²) in [5.74, 6) is 2.10. The van der Waals surface area contributed by atoms with Crippen LogP contribution in [0.5, 0.6) is 0 Å². The van der Waals surface area contributed by atoms with E-state index in [1.807, 2.05) is 18.0 Å². The molecule has 0 radical (unpaired) electrons. The van der Waals surface area contributed by atoms with Gasteiger partial charge in [-0.15, -0.1) is 0 Å². The van der Waals surface area contributed by atoms with Crippen molar-refractivity contribution in [1.29, 1.82) is 0 Å². The van der Waals surface area contributed by atoms with Gasteiger partial charge < -0.3 is 20.4 Å². The van der Waals surface area contributed by atoms with Crippen molar-refractivity contribution in [2.24, 2.45) is 4.99 Å². The summed E-state index contributed by atoms with van der Waals surface area (Å²) in [5, 5.41) is 6.77. The average molecular weight is 373 g/mol. The number of aliphatic imine (C=N–C) groups is 1. The highest BCUT2D eigenvalue weighted by Gasteiger charge is 2.25. The Morgan fingerprint density at radius 3 is 2.74 bits per heavy atom. The van der Waals surface area contributed by atoms with Crippen LogP contribution in [0, 0.1) is 0 Å². The minimum Gasteiger partial charge on any atom is -0.357 e. The number of nitrogens with one attached hydrogen (secondary N) is 2. The molecule has 2 aliphatic heterocycles. The Morgan fingerprint density at radius 2 is 2.07 bits per heavy atom. The molecule has 2 N–H and O–H groups in total. The zero-order valence-corrected chi connectivity index (χ0v) is 16.6. The van der Waals surface area contributed by atoms with Crippen LogP contribution in [0.1, 0.15) is 45.1 Å². The largest absolute Gasteiger partial charge is 0.357 e. The quantitative estimate of drug-likeness (QED) is 0.588. The van der Waals surface area contributed by atoms with Gasteiger partial charge in [0.1, 0.15) is 5.82 Å². The number of likely N-dealkylation sites (tertiary alicyclic amines) is 1. The van der Waals surface area contributed by atoms with Gasteiger partial charge in [-0.25, -0.2) is 9.98 Å². The van der Waals surface area contributed by atoms with Crippen molar-refractivity contribution in [3.8, 4) is 0 Å². The van der Waals surface area contributed by atoms with Crippen LogP contribution < -0.4 is 15.5 Å². The van der Waals surface area contributed by atoms with Crippen molar-refractivity contribution in [3.05, 3.63) is 23.9 Å². The summed E-state index contributed by atoms with van der Waals surface area (Å²) in [4.78, 5) is 25.4. The molecule has 2 fully saturated rings. The van der Waals surface area contributed by atoms with Crippen LogP contribution >= 0.6 is 0 Å². The second-order valence-corrected chi connectivity index (χ2v) is 7.24. The summed E-state index contributed by atoms with van der Waals surface area (Å²) in [6, 6.07) is 4.47. The van der Waals surface area contributed by atoms with Crippen LogP contribution in [0.25, 0.3) is 0 Å². The first-order valence-corrected chi connectivity index (χ1v) is 10.2. The molecule has 7 heteroatoms. The molecular formula is C20H32N6O. The number of amides is 1. The summed E-state index contributed by atoms with van der Waals surface area (Å²) in [5.41, 5.74) is 1.10. The molecule has 0 bridgehead atoms. The monoisotopic (exact) mass is 372 g/mol. The van der Waals surface area contributed by atoms with E-state index in [0.29, 0.717) is 13.0 Å². The third-order valence-electron chi connectivity index (χ3n) is 5.19. The zero-order valence-electron chi connectivity index (χ0n) is 16.6. The topological polar surface area (TPSA) is 72.9 Å². The maximum Gasteiger partial charge on any atom is 0.222 e. The first-order valence-electron chi connectivity index (χ1n) is 10.2. The molecule has 3 rings (SSSR count). The Morgan fingerprint density at radius 1 is 1.26 bits per heavy atom. The lowest BCUT2D eigenvalue weighted by Crippen LogP contribution is -2.45. The number of hydrogen-bond acceptors (Lipinski definition) is 4. The Labute approximate surface area is 162 Å². The first-order chi connectivity index (χ1) is 13.2. The minimum absolute atomic E-state index is 0.227. The minimum atomic E-state index is 0.227. The summed E-state index contributed by atoms with van der Waals surface area (Å²) in [6.07, 6.45) is 5.98. The number of guanidine groups is 1. The molecule has 1 unspecified atom stereocenters. The Hall–Kier alpha value is -2.31. The fraction of sp³-hybridized carbons (Fsp3) is 0.650. The molecular weight excluding hydrogens is 340 g/mol. The van der Waals surface area contributed by atoms with Gasteiger partial charge in [-0.1, -0.05) is 13.0 Å². The molecule has 2 saturated heterocycles. The normalized spacial score (nSPS) is 20.2. The second kappa shape index (κ2) is 9.58. The van der Waals surface area contributed by atoms with E-state index in [4.69, 9.17) is 4.99 Å². The number of pyridine rings is 1. The van der Waals surface area contributed by atoms with E-state index in [9.17, 15) is 4.79 Å². The zero-order chi connectivity index (χ0) is 19.1. The molecule has 1 atom stereocenters. The Balaban J connectivity index is 1.55. The van der Waals surface area contributed by atoms with Gasteiger partial charge in [-0.2, -0.15) is 0 Å². The number of carbonyl (C=O) groups is 1. The van der Waals surface area contributed by atoms with Gasteiger partial charge in [0, 0.05) is 51.4 Å². The maximum atomic E-state index is 11.8. The second-order valence-electron chi connectivity index (χ2n) is 7.24. The summed E-state index contributed by atoms with van der Waals surface area (Å²) in [7, 11) is 0. The molecule has 1 aromatic heterocycles. The van der Waals surface area contributed by atoms with Gasteiger partial charge in [-0.05, 0) is 37.8 Å². The van der Waals surface area contributed by atoms with Gasteiger partial charge in [0.2, 0.25) is 5.91 Å². The van der Waals surface area contributed by atoms with Gasteiger partial charge in [0.25, 0.3) is 0 Å². The molecule has 2 aliphatic rings. The fourth-order valence-electron chi connectivity index (χ4n) is 3.66. The Bertz CT molecular complexity index is 638. The summed E-state index contributed by atoms with van der Waals surface area (Å²) < 4.78 is 0. The third-order valence-corrected chi connectivity index (χ3v) is 5.19. The van der Waals surface area contributed by atoms with Crippen LogP contribution in [0.3, 0.4) is 0 Å². The Kier molecular flexibility index (Phi) is 6.90. The van der Waals surface area contributed by atoms with Gasteiger partial charge in [-0.3, -0.25) is 4.79 Å². The van der Waals surface area contributed by atoms with Crippen molar-refractivity contribution in [2.45, 2.75) is 52.1 Å². The molecule has 3 heterocycles. The molecule has 0 aliphatic carbocycles. The SMILES string of the molecule is CCNC(=NCc1ccc(N2CCCC2)nc1)NC1CCN(C(=O)CC)C1. The highest BCUT2D eigenvalue weighted by atomic mass is 16.2. The van der Waals surface area contributed by atoms with Crippen LogP contribution in [0.15, 0.2) is 23.3 Å². The molecule has 148 valence electrons. The fourth-order valence-corrected chi connectivity index (χ4v) is 3.66.